The highest BCUT2D eigenvalue weighted by atomic mass is 35.5. The fourth-order valence-electron chi connectivity index (χ4n) is 1.82. The average molecular weight is 301 g/mol. The highest BCUT2D eigenvalue weighted by molar-refractivity contribution is 7.09. The third-order valence-corrected chi connectivity index (χ3v) is 3.90. The summed E-state index contributed by atoms with van der Waals surface area (Å²) in [6.45, 7) is 6.44. The molecule has 0 aromatic carbocycles. The molecule has 19 heavy (non-hydrogen) atoms. The SMILES string of the molecule is C=CCN(Cc1cccs1)C(=O)CNCC1CC1.Cl. The van der Waals surface area contributed by atoms with E-state index in [4.69, 9.17) is 0 Å². The Kier molecular flexibility index (Phi) is 7.13. The van der Waals surface area contributed by atoms with Gasteiger partial charge in [0.2, 0.25) is 5.91 Å². The molecule has 1 N–H and O–H groups in total. The summed E-state index contributed by atoms with van der Waals surface area (Å²) >= 11 is 1.68. The summed E-state index contributed by atoms with van der Waals surface area (Å²) in [6.07, 6.45) is 4.41. The molecule has 0 atom stereocenters. The van der Waals surface area contributed by atoms with Gasteiger partial charge in [-0.05, 0) is 36.8 Å². The number of amides is 1. The van der Waals surface area contributed by atoms with Gasteiger partial charge >= 0.3 is 0 Å². The van der Waals surface area contributed by atoms with Crippen molar-refractivity contribution in [2.45, 2.75) is 19.4 Å². The van der Waals surface area contributed by atoms with Crippen molar-refractivity contribution in [2.75, 3.05) is 19.6 Å². The molecule has 0 bridgehead atoms. The molecule has 0 spiro atoms. The lowest BCUT2D eigenvalue weighted by Gasteiger charge is -2.20. The first-order valence-corrected chi connectivity index (χ1v) is 7.29. The van der Waals surface area contributed by atoms with Gasteiger partial charge in [0.15, 0.2) is 0 Å². The van der Waals surface area contributed by atoms with E-state index in [9.17, 15) is 4.79 Å². The van der Waals surface area contributed by atoms with Gasteiger partial charge in [0, 0.05) is 11.4 Å². The van der Waals surface area contributed by atoms with Crippen molar-refractivity contribution in [1.29, 1.82) is 0 Å². The Morgan fingerprint density at radius 1 is 1.58 bits per heavy atom. The fraction of sp³-hybridized carbons (Fsp3) is 0.500. The molecular weight excluding hydrogens is 280 g/mol. The number of hydrogen-bond donors (Lipinski definition) is 1. The summed E-state index contributed by atoms with van der Waals surface area (Å²) in [5.74, 6) is 0.965. The van der Waals surface area contributed by atoms with E-state index >= 15 is 0 Å². The van der Waals surface area contributed by atoms with Crippen molar-refractivity contribution >= 4 is 29.7 Å². The lowest BCUT2D eigenvalue weighted by molar-refractivity contribution is -0.130. The predicted molar refractivity (Wildman–Crippen MR) is 82.8 cm³/mol. The van der Waals surface area contributed by atoms with Gasteiger partial charge in [0.25, 0.3) is 0 Å². The first kappa shape index (κ1) is 16.2. The number of rotatable bonds is 8. The van der Waals surface area contributed by atoms with Crippen LogP contribution in [0.3, 0.4) is 0 Å². The molecular formula is C14H21ClN2OS. The second kappa shape index (κ2) is 8.35. The van der Waals surface area contributed by atoms with Crippen LogP contribution in [0.1, 0.15) is 17.7 Å². The zero-order valence-electron chi connectivity index (χ0n) is 11.0. The number of nitrogens with zero attached hydrogens (tertiary/aromatic N) is 1. The van der Waals surface area contributed by atoms with Gasteiger partial charge in [-0.2, -0.15) is 0 Å². The van der Waals surface area contributed by atoms with Crippen LogP contribution in [0.4, 0.5) is 0 Å². The van der Waals surface area contributed by atoms with Crippen LogP contribution in [0.5, 0.6) is 0 Å². The highest BCUT2D eigenvalue weighted by Gasteiger charge is 2.21. The zero-order valence-corrected chi connectivity index (χ0v) is 12.6. The number of nitrogens with one attached hydrogen (secondary N) is 1. The molecule has 0 saturated heterocycles. The normalized spacial score (nSPS) is 13.7. The fourth-order valence-corrected chi connectivity index (χ4v) is 2.54. The van der Waals surface area contributed by atoms with Gasteiger partial charge in [0.1, 0.15) is 0 Å². The highest BCUT2D eigenvalue weighted by Crippen LogP contribution is 2.27. The molecule has 0 radical (unpaired) electrons. The smallest absolute Gasteiger partial charge is 0.237 e. The van der Waals surface area contributed by atoms with E-state index < -0.39 is 0 Å². The van der Waals surface area contributed by atoms with Gasteiger partial charge < -0.3 is 10.2 Å². The van der Waals surface area contributed by atoms with Crippen molar-refractivity contribution in [3.8, 4) is 0 Å². The topological polar surface area (TPSA) is 32.3 Å². The van der Waals surface area contributed by atoms with Crippen molar-refractivity contribution in [3.05, 3.63) is 35.0 Å². The van der Waals surface area contributed by atoms with Crippen LogP contribution in [-0.4, -0.2) is 30.4 Å². The van der Waals surface area contributed by atoms with Gasteiger partial charge in [-0.1, -0.05) is 12.1 Å². The first-order chi connectivity index (χ1) is 8.79. The van der Waals surface area contributed by atoms with E-state index in [0.717, 1.165) is 12.5 Å². The van der Waals surface area contributed by atoms with Gasteiger partial charge in [-0.15, -0.1) is 30.3 Å². The Hall–Kier alpha value is -0.840. The molecule has 1 amide bonds. The number of carbonyl (C=O) groups excluding carboxylic acids is 1. The number of thiophene rings is 1. The molecule has 1 aliphatic carbocycles. The Labute approximate surface area is 125 Å². The Balaban J connectivity index is 0.00000180. The summed E-state index contributed by atoms with van der Waals surface area (Å²) in [5, 5.41) is 5.28. The molecule has 0 aliphatic heterocycles. The van der Waals surface area contributed by atoms with Crippen molar-refractivity contribution < 1.29 is 4.79 Å². The summed E-state index contributed by atoms with van der Waals surface area (Å²) in [5.41, 5.74) is 0. The third kappa shape index (κ3) is 5.76. The minimum absolute atomic E-state index is 0. The molecule has 1 saturated carbocycles. The number of halogens is 1. The van der Waals surface area contributed by atoms with Crippen LogP contribution in [0.25, 0.3) is 0 Å². The van der Waals surface area contributed by atoms with Gasteiger partial charge in [-0.25, -0.2) is 0 Å². The Morgan fingerprint density at radius 2 is 2.37 bits per heavy atom. The summed E-state index contributed by atoms with van der Waals surface area (Å²) in [7, 11) is 0. The standard InChI is InChI=1S/C14H20N2OS.ClH/c1-2-7-16(11-13-4-3-8-18-13)14(17)10-15-9-12-5-6-12;/h2-4,8,12,15H,1,5-7,9-11H2;1H. The number of carbonyl (C=O) groups is 1. The average Bonchev–Trinajstić information content (AvgIpc) is 3.04. The number of hydrogen-bond acceptors (Lipinski definition) is 3. The molecule has 1 aromatic heterocycles. The molecule has 2 rings (SSSR count). The Morgan fingerprint density at radius 3 is 2.95 bits per heavy atom. The zero-order chi connectivity index (χ0) is 12.8. The van der Waals surface area contributed by atoms with Crippen LogP contribution in [0.15, 0.2) is 30.2 Å². The maximum absolute atomic E-state index is 12.1. The quantitative estimate of drug-likeness (QED) is 0.749. The summed E-state index contributed by atoms with van der Waals surface area (Å²) < 4.78 is 0. The summed E-state index contributed by atoms with van der Waals surface area (Å²) in [6, 6.07) is 4.08. The van der Waals surface area contributed by atoms with Crippen LogP contribution in [0, 0.1) is 5.92 Å². The van der Waals surface area contributed by atoms with E-state index in [0.29, 0.717) is 19.6 Å². The molecule has 106 valence electrons. The maximum atomic E-state index is 12.1. The predicted octanol–water partition coefficient (Wildman–Crippen LogP) is 2.68. The molecule has 1 heterocycles. The van der Waals surface area contributed by atoms with E-state index in [2.05, 4.69) is 18.0 Å². The largest absolute Gasteiger partial charge is 0.333 e. The van der Waals surface area contributed by atoms with Crippen molar-refractivity contribution in [2.24, 2.45) is 5.92 Å². The van der Waals surface area contributed by atoms with E-state index in [1.165, 1.54) is 17.7 Å². The minimum atomic E-state index is 0. The van der Waals surface area contributed by atoms with E-state index in [1.807, 2.05) is 16.3 Å². The van der Waals surface area contributed by atoms with Crippen LogP contribution >= 0.6 is 23.7 Å². The lowest BCUT2D eigenvalue weighted by Crippen LogP contribution is -2.38. The van der Waals surface area contributed by atoms with E-state index in [1.54, 1.807) is 17.4 Å². The maximum Gasteiger partial charge on any atom is 0.237 e. The minimum Gasteiger partial charge on any atom is -0.333 e. The monoisotopic (exact) mass is 300 g/mol. The lowest BCUT2D eigenvalue weighted by atomic mass is 10.3. The van der Waals surface area contributed by atoms with Crippen molar-refractivity contribution in [3.63, 3.8) is 0 Å². The third-order valence-electron chi connectivity index (χ3n) is 3.04. The van der Waals surface area contributed by atoms with E-state index in [-0.39, 0.29) is 18.3 Å². The second-order valence-corrected chi connectivity index (χ2v) is 5.75. The van der Waals surface area contributed by atoms with Crippen molar-refractivity contribution in [1.82, 2.24) is 10.2 Å². The van der Waals surface area contributed by atoms with Gasteiger partial charge in [0.05, 0.1) is 13.1 Å². The first-order valence-electron chi connectivity index (χ1n) is 6.41. The molecule has 1 fully saturated rings. The van der Waals surface area contributed by atoms with Crippen LogP contribution < -0.4 is 5.32 Å². The second-order valence-electron chi connectivity index (χ2n) is 4.72. The van der Waals surface area contributed by atoms with Gasteiger partial charge in [-0.3, -0.25) is 4.79 Å². The van der Waals surface area contributed by atoms with Crippen LogP contribution in [0.2, 0.25) is 0 Å². The molecule has 0 unspecified atom stereocenters. The molecule has 1 aromatic rings. The summed E-state index contributed by atoms with van der Waals surface area (Å²) in [4.78, 5) is 15.1. The molecule has 1 aliphatic rings. The molecule has 5 heteroatoms. The van der Waals surface area contributed by atoms with Crippen LogP contribution in [-0.2, 0) is 11.3 Å². The molecule has 3 nitrogen and oxygen atoms in total. The Bertz CT molecular complexity index is 390.